The largest absolute Gasteiger partial charge is 0.505 e. The van der Waals surface area contributed by atoms with E-state index in [4.69, 9.17) is 28.9 Å². The number of nitrogens with two attached hydrogens (primary N) is 1. The third-order valence-corrected chi connectivity index (χ3v) is 16.2. The first-order valence-corrected chi connectivity index (χ1v) is 29.3. The van der Waals surface area contributed by atoms with E-state index in [1.165, 1.54) is 0 Å². The minimum absolute atomic E-state index is 0.138. The number of carbonyl (C=O) groups is 2. The molecule has 0 aliphatic heterocycles. The molecule has 31 nitrogen and oxygen atoms in total. The van der Waals surface area contributed by atoms with Crippen LogP contribution in [-0.2, 0) is 50.6 Å². The molecule has 0 aliphatic rings. The lowest BCUT2D eigenvalue weighted by Crippen LogP contribution is -2.04. The lowest BCUT2D eigenvalue weighted by Gasteiger charge is -2.14. The lowest BCUT2D eigenvalue weighted by molar-refractivity contribution is 0.0686. The van der Waals surface area contributed by atoms with Crippen molar-refractivity contribution in [1.82, 2.24) is 0 Å². The van der Waals surface area contributed by atoms with E-state index in [9.17, 15) is 100.0 Å². The fourth-order valence-electron chi connectivity index (χ4n) is 7.66. The molecule has 0 fully saturated rings. The van der Waals surface area contributed by atoms with Gasteiger partial charge in [0.1, 0.15) is 53.7 Å². The van der Waals surface area contributed by atoms with E-state index >= 15 is 0 Å². The van der Waals surface area contributed by atoms with E-state index in [0.717, 1.165) is 72.8 Å². The first-order valence-electron chi connectivity index (χ1n) is 21.3. The molecule has 38 heteroatoms. The molecule has 0 amide bonds. The van der Waals surface area contributed by atoms with Gasteiger partial charge >= 0.3 is 11.9 Å². The highest BCUT2D eigenvalue weighted by molar-refractivity contribution is 7.87. The molecular weight excluding hydrogens is 1240 g/mol. The van der Waals surface area contributed by atoms with Crippen molar-refractivity contribution in [1.29, 1.82) is 0 Å². The zero-order valence-corrected chi connectivity index (χ0v) is 45.1. The van der Waals surface area contributed by atoms with Gasteiger partial charge in [-0.3, -0.25) is 22.8 Å². The molecule has 424 valence electrons. The van der Waals surface area contributed by atoms with Crippen LogP contribution in [0.15, 0.2) is 156 Å². The average molecular weight is 1260 g/mol. The van der Waals surface area contributed by atoms with Crippen LogP contribution in [0.2, 0.25) is 10.0 Å². The molecule has 8 rings (SSSR count). The number of hydrogen-bond donors (Lipinski definition) is 11. The van der Waals surface area contributed by atoms with Crippen LogP contribution in [0.25, 0.3) is 32.3 Å². The second-order valence-corrected chi connectivity index (χ2v) is 24.3. The van der Waals surface area contributed by atoms with Crippen molar-refractivity contribution in [3.63, 3.8) is 0 Å². The van der Waals surface area contributed by atoms with Gasteiger partial charge in [-0.1, -0.05) is 35.3 Å². The Balaban J connectivity index is 1.24. The minimum Gasteiger partial charge on any atom is -0.505 e. The molecular formula is C44H27Cl2N9O22S5. The SMILES string of the molecule is Nc1c(N=Nc2ccc3cc(S(=O)(=O)O)c(N=Nc4ccc(S(=O)(=O)O)cc4C(=O)O)c(O)c3c2)cc(S(=O)(=O)O)c2cc(S(=O)(=O)O)c(N=Nc3ccc4cc(S(=O)(=O)O)c(N=Nc5c(Cl)cc(Cl)cc5C(=O)O)c(O)c4c3)c(O)c12. The Labute approximate surface area is 467 Å². The van der Waals surface area contributed by atoms with Crippen LogP contribution in [-0.4, -0.2) is 102 Å². The number of carboxylic acids is 2. The molecule has 0 saturated carbocycles. The number of fused-ring (bicyclic) bond motifs is 3. The number of benzene rings is 8. The molecule has 0 radical (unpaired) electrons. The van der Waals surface area contributed by atoms with E-state index in [0.29, 0.717) is 18.2 Å². The Kier molecular flexibility index (Phi) is 15.4. The summed E-state index contributed by atoms with van der Waals surface area (Å²) in [4.78, 5) is 18.3. The number of phenolic OH excluding ortho intramolecular Hbond substituents is 3. The van der Waals surface area contributed by atoms with Crippen LogP contribution in [0.1, 0.15) is 20.7 Å². The normalized spacial score (nSPS) is 13.0. The van der Waals surface area contributed by atoms with Gasteiger partial charge in [-0.2, -0.15) is 52.3 Å². The van der Waals surface area contributed by atoms with Gasteiger partial charge in [-0.15, -0.1) is 30.7 Å². The summed E-state index contributed by atoms with van der Waals surface area (Å²) >= 11 is 12.0. The summed E-state index contributed by atoms with van der Waals surface area (Å²) in [5, 5.41) is 80.4. The second kappa shape index (κ2) is 21.3. The molecule has 0 spiro atoms. The van der Waals surface area contributed by atoms with E-state index in [2.05, 4.69) is 40.9 Å². The highest BCUT2D eigenvalue weighted by atomic mass is 35.5. The van der Waals surface area contributed by atoms with Crippen LogP contribution < -0.4 is 5.73 Å². The minimum atomic E-state index is -5.56. The summed E-state index contributed by atoms with van der Waals surface area (Å²) in [7, 11) is -26.5. The number of anilines is 1. The Morgan fingerprint density at radius 2 is 0.854 bits per heavy atom. The van der Waals surface area contributed by atoms with Crippen molar-refractivity contribution in [3.05, 3.63) is 112 Å². The number of aromatic hydroxyl groups is 3. The Bertz CT molecular complexity index is 4930. The molecule has 0 bridgehead atoms. The van der Waals surface area contributed by atoms with Gasteiger partial charge in [0.2, 0.25) is 0 Å². The standard InChI is InChI=1S/C44H27Cl2N9O22S5/c45-18-9-26(44(61)62)36(27(46)10-18)52-55-38-32(81(72,73)74)8-17-2-4-20(12-23(17)41(38)57)49-53-39-33(82(75,76)77)14-25-30(79(66,67)68)15-29(35(47)34(25)42(39)58)51-48-19-3-1-16-7-31(80(69,70)71)37(40(56)22(16)11-19)54-50-28-6-5-21(78(63,64)65)13-24(28)43(59)60/h1-15,56-58H,47H2,(H,59,60)(H,61,62)(H,63,64,65)(H,66,67,68)(H,69,70,71)(H,72,73,74)(H,75,76,77). The number of rotatable bonds is 15. The number of phenols is 3. The third-order valence-electron chi connectivity index (χ3n) is 11.3. The van der Waals surface area contributed by atoms with Gasteiger partial charge in [0.25, 0.3) is 50.6 Å². The zero-order valence-electron chi connectivity index (χ0n) is 39.5. The quantitative estimate of drug-likeness (QED) is 0.0258. The van der Waals surface area contributed by atoms with Crippen molar-refractivity contribution in [3.8, 4) is 17.2 Å². The Morgan fingerprint density at radius 3 is 1.34 bits per heavy atom. The second-order valence-electron chi connectivity index (χ2n) is 16.5. The summed E-state index contributed by atoms with van der Waals surface area (Å²) in [6.45, 7) is 0. The maximum absolute atomic E-state index is 12.9. The summed E-state index contributed by atoms with van der Waals surface area (Å²) in [5.74, 6) is -6.85. The average Bonchev–Trinajstić information content (AvgIpc) is 1.83. The van der Waals surface area contributed by atoms with Crippen molar-refractivity contribution >= 4 is 169 Å². The highest BCUT2D eigenvalue weighted by Gasteiger charge is 2.30. The summed E-state index contributed by atoms with van der Waals surface area (Å²) in [5.41, 5.74) is -1.60. The number of aromatic carboxylic acids is 2. The summed E-state index contributed by atoms with van der Waals surface area (Å²) in [6.07, 6.45) is 0. The Hall–Kier alpha value is -8.79. The molecule has 0 aliphatic carbocycles. The van der Waals surface area contributed by atoms with Crippen molar-refractivity contribution < 1.29 is 100.0 Å². The Morgan fingerprint density at radius 1 is 0.415 bits per heavy atom. The molecule has 0 atom stereocenters. The molecule has 82 heavy (non-hydrogen) atoms. The summed E-state index contributed by atoms with van der Waals surface area (Å²) in [6, 6.07) is 12.9. The molecule has 8 aromatic rings. The molecule has 8 aromatic carbocycles. The van der Waals surface area contributed by atoms with Crippen LogP contribution in [0, 0.1) is 0 Å². The van der Waals surface area contributed by atoms with E-state index in [1.54, 1.807) is 0 Å². The summed E-state index contributed by atoms with van der Waals surface area (Å²) < 4.78 is 175. The first kappa shape index (κ1) is 59.3. The van der Waals surface area contributed by atoms with Crippen molar-refractivity contribution in [2.75, 3.05) is 5.73 Å². The van der Waals surface area contributed by atoms with Crippen LogP contribution in [0.5, 0.6) is 17.2 Å². The predicted molar refractivity (Wildman–Crippen MR) is 284 cm³/mol. The van der Waals surface area contributed by atoms with Gasteiger partial charge in [-0.25, -0.2) is 9.59 Å². The molecule has 0 aromatic heterocycles. The number of carboxylic acid groups (broad SMARTS) is 2. The number of halogens is 2. The molecule has 0 heterocycles. The number of nitrogen functional groups attached to an aromatic ring is 1. The molecule has 0 unspecified atom stereocenters. The van der Waals surface area contributed by atoms with Gasteiger partial charge in [0.05, 0.1) is 43.5 Å². The van der Waals surface area contributed by atoms with Gasteiger partial charge in [0, 0.05) is 21.2 Å². The molecule has 12 N–H and O–H groups in total. The van der Waals surface area contributed by atoms with Crippen LogP contribution in [0.3, 0.4) is 0 Å². The number of hydrogen-bond acceptors (Lipinski definition) is 24. The van der Waals surface area contributed by atoms with E-state index in [1.807, 2.05) is 0 Å². The monoisotopic (exact) mass is 1260 g/mol. The fraction of sp³-hybridized carbons (Fsp3) is 0. The van der Waals surface area contributed by atoms with E-state index < -0.39 is 166 Å². The third kappa shape index (κ3) is 11.8. The van der Waals surface area contributed by atoms with Gasteiger partial charge in [-0.05, 0) is 89.6 Å². The highest BCUT2D eigenvalue weighted by Crippen LogP contribution is 2.50. The van der Waals surface area contributed by atoms with Gasteiger partial charge < -0.3 is 31.3 Å². The van der Waals surface area contributed by atoms with E-state index in [-0.39, 0.29) is 43.0 Å². The number of azo groups is 4. The maximum Gasteiger partial charge on any atom is 0.338 e. The maximum atomic E-state index is 12.9. The topological polar surface area (TPSA) is 532 Å². The molecule has 0 saturated heterocycles. The number of nitrogens with zero attached hydrogens (tertiary/aromatic N) is 8. The fourth-order valence-corrected chi connectivity index (χ4v) is 11.4. The zero-order chi connectivity index (χ0) is 60.5. The first-order chi connectivity index (χ1) is 37.9. The van der Waals surface area contributed by atoms with Crippen molar-refractivity contribution in [2.45, 2.75) is 24.5 Å². The van der Waals surface area contributed by atoms with Crippen LogP contribution in [0.4, 0.5) is 51.2 Å². The smallest absolute Gasteiger partial charge is 0.338 e. The van der Waals surface area contributed by atoms with Crippen LogP contribution >= 0.6 is 23.2 Å². The predicted octanol–water partition coefficient (Wildman–Crippen LogP) is 10.4. The van der Waals surface area contributed by atoms with Gasteiger partial charge in [0.15, 0.2) is 17.2 Å². The van der Waals surface area contributed by atoms with Crippen molar-refractivity contribution in [2.24, 2.45) is 40.9 Å². The lowest BCUT2D eigenvalue weighted by atomic mass is 10.0.